The molecular weight excluding hydrogens is 204 g/mol. The molecule has 2 saturated heterocycles. The van der Waals surface area contributed by atoms with E-state index < -0.39 is 0 Å². The van der Waals surface area contributed by atoms with Crippen LogP contribution in [0.15, 0.2) is 0 Å². The summed E-state index contributed by atoms with van der Waals surface area (Å²) in [5, 5.41) is 3.41. The Kier molecular flexibility index (Phi) is 3.10. The van der Waals surface area contributed by atoms with E-state index in [1.54, 1.807) is 0 Å². The zero-order valence-electron chi connectivity index (χ0n) is 10.5. The van der Waals surface area contributed by atoms with E-state index in [4.69, 9.17) is 4.74 Å². The van der Waals surface area contributed by atoms with E-state index in [0.717, 1.165) is 32.5 Å². The van der Waals surface area contributed by atoms with Crippen molar-refractivity contribution in [2.75, 3.05) is 19.6 Å². The van der Waals surface area contributed by atoms with Gasteiger partial charge in [0.05, 0.1) is 0 Å². The van der Waals surface area contributed by atoms with Gasteiger partial charge in [-0.25, -0.2) is 4.79 Å². The van der Waals surface area contributed by atoms with Crippen LogP contribution in [0.4, 0.5) is 4.79 Å². The Hall–Kier alpha value is -0.770. The molecule has 4 nitrogen and oxygen atoms in total. The summed E-state index contributed by atoms with van der Waals surface area (Å²) in [7, 11) is 0. The van der Waals surface area contributed by atoms with Crippen molar-refractivity contribution in [1.82, 2.24) is 10.2 Å². The third-order valence-corrected chi connectivity index (χ3v) is 3.26. The normalized spacial score (nSPS) is 30.1. The molecule has 2 rings (SSSR count). The van der Waals surface area contributed by atoms with Crippen molar-refractivity contribution in [3.8, 4) is 0 Å². The molecule has 1 amide bonds. The molecule has 1 N–H and O–H groups in total. The predicted molar refractivity (Wildman–Crippen MR) is 62.3 cm³/mol. The van der Waals surface area contributed by atoms with Crippen molar-refractivity contribution in [3.05, 3.63) is 0 Å². The largest absolute Gasteiger partial charge is 0.444 e. The minimum absolute atomic E-state index is 0.143. The molecule has 0 saturated carbocycles. The van der Waals surface area contributed by atoms with Gasteiger partial charge in [-0.3, -0.25) is 0 Å². The quantitative estimate of drug-likeness (QED) is 0.682. The van der Waals surface area contributed by atoms with E-state index in [-0.39, 0.29) is 11.7 Å². The predicted octanol–water partition coefficient (Wildman–Crippen LogP) is 1.61. The maximum atomic E-state index is 11.9. The highest BCUT2D eigenvalue weighted by molar-refractivity contribution is 5.69. The number of hydrogen-bond donors (Lipinski definition) is 1. The van der Waals surface area contributed by atoms with Crippen LogP contribution in [-0.4, -0.2) is 42.3 Å². The SMILES string of the molecule is CC(C)(C)OC(=O)N1C[C@@H]2CNCCC[C@@H]21. The van der Waals surface area contributed by atoms with Crippen LogP contribution in [-0.2, 0) is 4.74 Å². The summed E-state index contributed by atoms with van der Waals surface area (Å²) in [5.74, 6) is 0.634. The number of nitrogens with zero attached hydrogens (tertiary/aromatic N) is 1. The lowest BCUT2D eigenvalue weighted by Crippen LogP contribution is -2.60. The molecule has 0 aliphatic carbocycles. The van der Waals surface area contributed by atoms with Crippen molar-refractivity contribution in [2.24, 2.45) is 5.92 Å². The van der Waals surface area contributed by atoms with Crippen molar-refractivity contribution in [2.45, 2.75) is 45.3 Å². The minimum atomic E-state index is -0.384. The lowest BCUT2D eigenvalue weighted by Gasteiger charge is -2.47. The molecule has 92 valence electrons. The fraction of sp³-hybridized carbons (Fsp3) is 0.917. The van der Waals surface area contributed by atoms with Gasteiger partial charge in [0.15, 0.2) is 0 Å². The van der Waals surface area contributed by atoms with E-state index in [2.05, 4.69) is 5.32 Å². The fourth-order valence-corrected chi connectivity index (χ4v) is 2.47. The second-order valence-corrected chi connectivity index (χ2v) is 5.81. The van der Waals surface area contributed by atoms with Crippen LogP contribution in [0.5, 0.6) is 0 Å². The Morgan fingerprint density at radius 2 is 2.19 bits per heavy atom. The molecule has 0 spiro atoms. The van der Waals surface area contributed by atoms with Crippen LogP contribution in [0.2, 0.25) is 0 Å². The molecule has 2 heterocycles. The molecule has 0 unspecified atom stereocenters. The molecule has 2 fully saturated rings. The molecular formula is C12H22N2O2. The monoisotopic (exact) mass is 226 g/mol. The summed E-state index contributed by atoms with van der Waals surface area (Å²) in [6, 6.07) is 0.407. The number of rotatable bonds is 0. The Balaban J connectivity index is 1.90. The van der Waals surface area contributed by atoms with Gasteiger partial charge in [0.1, 0.15) is 5.60 Å². The fourth-order valence-electron chi connectivity index (χ4n) is 2.47. The van der Waals surface area contributed by atoms with Gasteiger partial charge in [-0.1, -0.05) is 0 Å². The van der Waals surface area contributed by atoms with Crippen molar-refractivity contribution >= 4 is 6.09 Å². The van der Waals surface area contributed by atoms with Gasteiger partial charge < -0.3 is 15.0 Å². The number of ether oxygens (including phenoxy) is 1. The molecule has 0 aromatic rings. The number of carbonyl (C=O) groups excluding carboxylic acids is 1. The number of hydrogen-bond acceptors (Lipinski definition) is 3. The smallest absolute Gasteiger partial charge is 0.410 e. The molecule has 0 aromatic heterocycles. The molecule has 0 aromatic carbocycles. The van der Waals surface area contributed by atoms with Crippen molar-refractivity contribution in [3.63, 3.8) is 0 Å². The molecule has 0 radical (unpaired) electrons. The van der Waals surface area contributed by atoms with Crippen LogP contribution in [0, 0.1) is 5.92 Å². The van der Waals surface area contributed by atoms with Crippen molar-refractivity contribution in [1.29, 1.82) is 0 Å². The van der Waals surface area contributed by atoms with Gasteiger partial charge in [-0.05, 0) is 40.2 Å². The summed E-state index contributed by atoms with van der Waals surface area (Å²) < 4.78 is 5.40. The van der Waals surface area contributed by atoms with Crippen LogP contribution < -0.4 is 5.32 Å². The van der Waals surface area contributed by atoms with Gasteiger partial charge >= 0.3 is 6.09 Å². The Bertz CT molecular complexity index is 273. The first kappa shape index (κ1) is 11.7. The molecule has 16 heavy (non-hydrogen) atoms. The third-order valence-electron chi connectivity index (χ3n) is 3.26. The Labute approximate surface area is 97.3 Å². The Morgan fingerprint density at radius 1 is 1.44 bits per heavy atom. The maximum Gasteiger partial charge on any atom is 0.410 e. The number of fused-ring (bicyclic) bond motifs is 1. The van der Waals surface area contributed by atoms with Gasteiger partial charge in [0, 0.05) is 25.0 Å². The molecule has 2 atom stereocenters. The number of amides is 1. The van der Waals surface area contributed by atoms with E-state index in [1.165, 1.54) is 0 Å². The highest BCUT2D eigenvalue weighted by Gasteiger charge is 2.43. The van der Waals surface area contributed by atoms with Crippen LogP contribution >= 0.6 is 0 Å². The molecule has 2 aliphatic rings. The van der Waals surface area contributed by atoms with Gasteiger partial charge in [0.25, 0.3) is 0 Å². The number of likely N-dealkylation sites (tertiary alicyclic amines) is 1. The van der Waals surface area contributed by atoms with Crippen molar-refractivity contribution < 1.29 is 9.53 Å². The van der Waals surface area contributed by atoms with E-state index in [1.807, 2.05) is 25.7 Å². The second-order valence-electron chi connectivity index (χ2n) is 5.81. The first-order valence-corrected chi connectivity index (χ1v) is 6.18. The zero-order chi connectivity index (χ0) is 11.8. The first-order valence-electron chi connectivity index (χ1n) is 6.18. The van der Waals surface area contributed by atoms with E-state index in [9.17, 15) is 4.79 Å². The highest BCUT2D eigenvalue weighted by Crippen LogP contribution is 2.31. The summed E-state index contributed by atoms with van der Waals surface area (Å²) in [6.45, 7) is 8.72. The second kappa shape index (κ2) is 4.24. The summed E-state index contributed by atoms with van der Waals surface area (Å²) in [5.41, 5.74) is -0.384. The maximum absolute atomic E-state index is 11.9. The van der Waals surface area contributed by atoms with E-state index in [0.29, 0.717) is 12.0 Å². The topological polar surface area (TPSA) is 41.6 Å². The average Bonchev–Trinajstić information content (AvgIpc) is 2.25. The zero-order valence-corrected chi connectivity index (χ0v) is 10.5. The number of nitrogens with one attached hydrogen (secondary N) is 1. The molecule has 4 heteroatoms. The van der Waals surface area contributed by atoms with Gasteiger partial charge in [-0.15, -0.1) is 0 Å². The highest BCUT2D eigenvalue weighted by atomic mass is 16.6. The van der Waals surface area contributed by atoms with Crippen LogP contribution in [0.1, 0.15) is 33.6 Å². The standard InChI is InChI=1S/C12H22N2O2/c1-12(2,3)16-11(15)14-8-9-7-13-6-4-5-10(9)14/h9-10,13H,4-8H2,1-3H3/t9-,10-/m0/s1. The summed E-state index contributed by atoms with van der Waals surface area (Å²) in [4.78, 5) is 13.8. The average molecular weight is 226 g/mol. The lowest BCUT2D eigenvalue weighted by atomic mass is 9.87. The Morgan fingerprint density at radius 3 is 2.88 bits per heavy atom. The first-order chi connectivity index (χ1) is 7.47. The van der Waals surface area contributed by atoms with Crippen LogP contribution in [0.3, 0.4) is 0 Å². The number of carbonyl (C=O) groups is 1. The molecule has 0 bridgehead atoms. The third kappa shape index (κ3) is 2.48. The summed E-state index contributed by atoms with van der Waals surface area (Å²) in [6.07, 6.45) is 2.12. The summed E-state index contributed by atoms with van der Waals surface area (Å²) >= 11 is 0. The lowest BCUT2D eigenvalue weighted by molar-refractivity contribution is -0.0290. The molecule has 2 aliphatic heterocycles. The van der Waals surface area contributed by atoms with Crippen LogP contribution in [0.25, 0.3) is 0 Å². The minimum Gasteiger partial charge on any atom is -0.444 e. The van der Waals surface area contributed by atoms with Gasteiger partial charge in [-0.2, -0.15) is 0 Å². The van der Waals surface area contributed by atoms with Gasteiger partial charge in [0.2, 0.25) is 0 Å². The van der Waals surface area contributed by atoms with E-state index >= 15 is 0 Å².